The number of benzene rings is 2. The third-order valence-corrected chi connectivity index (χ3v) is 6.58. The molecule has 1 aliphatic heterocycles. The molecule has 3 aromatic rings. The third kappa shape index (κ3) is 4.86. The lowest BCUT2D eigenvalue weighted by molar-refractivity contribution is 0.164. The van der Waals surface area contributed by atoms with E-state index >= 15 is 0 Å². The van der Waals surface area contributed by atoms with Crippen LogP contribution in [0.1, 0.15) is 0 Å². The van der Waals surface area contributed by atoms with Crippen LogP contribution >= 0.6 is 27.9 Å². The van der Waals surface area contributed by atoms with Crippen molar-refractivity contribution in [3.8, 4) is 16.9 Å². The van der Waals surface area contributed by atoms with Crippen LogP contribution < -0.4 is 10.2 Å². The van der Waals surface area contributed by atoms with Crippen molar-refractivity contribution in [3.63, 3.8) is 0 Å². The standard InChI is InChI=1S/C22H23BrN2O3S/c1-29-25-10-8-24(9-11-25)12-13-27-18-6-7-19-21(14-18)28-15-20(22(19)26)16-2-4-17(23)5-3-16/h2-7,14-15H,8-13H2,1H3. The number of ether oxygens (including phenoxy) is 1. The maximum atomic E-state index is 12.9. The molecule has 152 valence electrons. The first-order valence-corrected chi connectivity index (χ1v) is 11.6. The Bertz CT molecular complexity index is 1030. The SMILES string of the molecule is CSN1CCN(CCOc2ccc3c(=O)c(-c4ccc(Br)cc4)coc3c2)CC1. The van der Waals surface area contributed by atoms with Crippen LogP contribution in [-0.2, 0) is 0 Å². The summed E-state index contributed by atoms with van der Waals surface area (Å²) < 4.78 is 15.0. The number of fused-ring (bicyclic) bond motifs is 1. The Hall–Kier alpha value is -1.80. The van der Waals surface area contributed by atoms with E-state index in [-0.39, 0.29) is 5.43 Å². The average molecular weight is 475 g/mol. The van der Waals surface area contributed by atoms with Gasteiger partial charge in [0.05, 0.1) is 10.9 Å². The Balaban J connectivity index is 1.42. The van der Waals surface area contributed by atoms with Crippen molar-refractivity contribution < 1.29 is 9.15 Å². The molecule has 2 heterocycles. The summed E-state index contributed by atoms with van der Waals surface area (Å²) in [6.45, 7) is 5.82. The van der Waals surface area contributed by atoms with Crippen molar-refractivity contribution in [2.24, 2.45) is 0 Å². The van der Waals surface area contributed by atoms with Gasteiger partial charge in [-0.05, 0) is 36.1 Å². The molecular formula is C22H23BrN2O3S. The van der Waals surface area contributed by atoms with E-state index in [1.54, 1.807) is 12.1 Å². The highest BCUT2D eigenvalue weighted by molar-refractivity contribution is 9.10. The highest BCUT2D eigenvalue weighted by atomic mass is 79.9. The normalized spacial score (nSPS) is 15.7. The molecular weight excluding hydrogens is 452 g/mol. The number of piperazine rings is 1. The van der Waals surface area contributed by atoms with E-state index in [0.29, 0.717) is 23.1 Å². The number of halogens is 1. The highest BCUT2D eigenvalue weighted by Crippen LogP contribution is 2.24. The van der Waals surface area contributed by atoms with Gasteiger partial charge < -0.3 is 9.15 Å². The minimum Gasteiger partial charge on any atom is -0.492 e. The first-order valence-electron chi connectivity index (χ1n) is 9.60. The molecule has 0 radical (unpaired) electrons. The molecule has 7 heteroatoms. The van der Waals surface area contributed by atoms with Crippen LogP contribution in [0, 0.1) is 0 Å². The smallest absolute Gasteiger partial charge is 0.200 e. The van der Waals surface area contributed by atoms with Crippen LogP contribution in [0.3, 0.4) is 0 Å². The topological polar surface area (TPSA) is 45.9 Å². The van der Waals surface area contributed by atoms with Crippen molar-refractivity contribution in [1.29, 1.82) is 0 Å². The molecule has 5 nitrogen and oxygen atoms in total. The first-order chi connectivity index (χ1) is 14.1. The van der Waals surface area contributed by atoms with Crippen molar-refractivity contribution in [1.82, 2.24) is 9.21 Å². The Morgan fingerprint density at radius 2 is 1.86 bits per heavy atom. The quantitative estimate of drug-likeness (QED) is 0.490. The lowest BCUT2D eigenvalue weighted by atomic mass is 10.1. The van der Waals surface area contributed by atoms with Crippen LogP contribution in [0.4, 0.5) is 0 Å². The van der Waals surface area contributed by atoms with Gasteiger partial charge in [0.15, 0.2) is 5.43 Å². The van der Waals surface area contributed by atoms with Crippen LogP contribution in [0.5, 0.6) is 5.75 Å². The van der Waals surface area contributed by atoms with Crippen LogP contribution in [-0.4, -0.2) is 54.8 Å². The van der Waals surface area contributed by atoms with Crippen LogP contribution in [0.15, 0.2) is 62.4 Å². The Labute approximate surface area is 182 Å². The predicted octanol–water partition coefficient (Wildman–Crippen LogP) is 4.50. The maximum Gasteiger partial charge on any atom is 0.200 e. The molecule has 29 heavy (non-hydrogen) atoms. The predicted molar refractivity (Wildman–Crippen MR) is 123 cm³/mol. The van der Waals surface area contributed by atoms with Gasteiger partial charge in [0, 0.05) is 43.3 Å². The van der Waals surface area contributed by atoms with Gasteiger partial charge in [-0.15, -0.1) is 0 Å². The van der Waals surface area contributed by atoms with E-state index in [1.807, 2.05) is 42.3 Å². The second kappa shape index (κ2) is 9.34. The summed E-state index contributed by atoms with van der Waals surface area (Å²) in [6.07, 6.45) is 3.65. The fourth-order valence-corrected chi connectivity index (χ4v) is 4.25. The van der Waals surface area contributed by atoms with E-state index in [4.69, 9.17) is 9.15 Å². The van der Waals surface area contributed by atoms with Crippen LogP contribution in [0.25, 0.3) is 22.1 Å². The molecule has 0 unspecified atom stereocenters. The molecule has 0 N–H and O–H groups in total. The van der Waals surface area contributed by atoms with Gasteiger partial charge >= 0.3 is 0 Å². The highest BCUT2D eigenvalue weighted by Gasteiger charge is 2.16. The van der Waals surface area contributed by atoms with Crippen molar-refractivity contribution in [2.45, 2.75) is 0 Å². The molecule has 0 saturated carbocycles. The molecule has 0 atom stereocenters. The molecule has 4 rings (SSSR count). The Morgan fingerprint density at radius 1 is 1.10 bits per heavy atom. The lowest BCUT2D eigenvalue weighted by Gasteiger charge is -2.32. The average Bonchev–Trinajstić information content (AvgIpc) is 2.75. The van der Waals surface area contributed by atoms with Gasteiger partial charge in [-0.3, -0.25) is 9.69 Å². The summed E-state index contributed by atoms with van der Waals surface area (Å²) in [7, 11) is 0. The van der Waals surface area contributed by atoms with E-state index in [9.17, 15) is 4.79 Å². The summed E-state index contributed by atoms with van der Waals surface area (Å²) in [6, 6.07) is 13.1. The Morgan fingerprint density at radius 3 is 2.59 bits per heavy atom. The van der Waals surface area contributed by atoms with E-state index in [2.05, 4.69) is 31.4 Å². The molecule has 1 aliphatic rings. The van der Waals surface area contributed by atoms with E-state index in [1.165, 1.54) is 6.26 Å². The molecule has 2 aromatic carbocycles. The summed E-state index contributed by atoms with van der Waals surface area (Å²) in [5.74, 6) is 0.722. The molecule has 0 bridgehead atoms. The largest absolute Gasteiger partial charge is 0.492 e. The summed E-state index contributed by atoms with van der Waals surface area (Å²) in [5.41, 5.74) is 1.91. The molecule has 1 saturated heterocycles. The second-order valence-corrected chi connectivity index (χ2v) is 8.74. The molecule has 0 amide bonds. The van der Waals surface area contributed by atoms with Crippen molar-refractivity contribution in [2.75, 3.05) is 45.6 Å². The fraction of sp³-hybridized carbons (Fsp3) is 0.318. The third-order valence-electron chi connectivity index (χ3n) is 5.17. The zero-order valence-corrected chi connectivity index (χ0v) is 18.7. The van der Waals surface area contributed by atoms with Gasteiger partial charge in [-0.1, -0.05) is 40.0 Å². The molecule has 1 aromatic heterocycles. The minimum absolute atomic E-state index is 0.0354. The number of rotatable bonds is 6. The minimum atomic E-state index is -0.0354. The van der Waals surface area contributed by atoms with Crippen LogP contribution in [0.2, 0.25) is 0 Å². The second-order valence-electron chi connectivity index (χ2n) is 6.95. The zero-order chi connectivity index (χ0) is 20.2. The van der Waals surface area contributed by atoms with Gasteiger partial charge in [0.2, 0.25) is 0 Å². The molecule has 1 fully saturated rings. The molecule has 0 aliphatic carbocycles. The zero-order valence-electron chi connectivity index (χ0n) is 16.3. The van der Waals surface area contributed by atoms with Gasteiger partial charge in [-0.25, -0.2) is 4.31 Å². The number of hydrogen-bond donors (Lipinski definition) is 0. The van der Waals surface area contributed by atoms with Gasteiger partial charge in [-0.2, -0.15) is 0 Å². The van der Waals surface area contributed by atoms with Crippen molar-refractivity contribution in [3.05, 3.63) is 63.4 Å². The van der Waals surface area contributed by atoms with Gasteiger partial charge in [0.25, 0.3) is 0 Å². The number of nitrogens with zero attached hydrogens (tertiary/aromatic N) is 2. The monoisotopic (exact) mass is 474 g/mol. The first kappa shape index (κ1) is 20.5. The summed E-state index contributed by atoms with van der Waals surface area (Å²) in [5, 5.41) is 0.561. The van der Waals surface area contributed by atoms with E-state index in [0.717, 1.165) is 48.5 Å². The van der Waals surface area contributed by atoms with Gasteiger partial charge in [0.1, 0.15) is 24.2 Å². The molecule has 0 spiro atoms. The maximum absolute atomic E-state index is 12.9. The van der Waals surface area contributed by atoms with Crippen molar-refractivity contribution >= 4 is 38.8 Å². The fourth-order valence-electron chi connectivity index (χ4n) is 3.46. The number of hydrogen-bond acceptors (Lipinski definition) is 6. The van der Waals surface area contributed by atoms with E-state index < -0.39 is 0 Å². The summed E-state index contributed by atoms with van der Waals surface area (Å²) in [4.78, 5) is 15.3. The summed E-state index contributed by atoms with van der Waals surface area (Å²) >= 11 is 5.22. The Kier molecular flexibility index (Phi) is 6.60. The lowest BCUT2D eigenvalue weighted by Crippen LogP contribution is -2.44.